The van der Waals surface area contributed by atoms with Crippen molar-refractivity contribution in [1.82, 2.24) is 9.97 Å². The predicted molar refractivity (Wildman–Crippen MR) is 184 cm³/mol. The van der Waals surface area contributed by atoms with Crippen molar-refractivity contribution >= 4 is 53.4 Å². The van der Waals surface area contributed by atoms with Crippen LogP contribution in [0.25, 0.3) is 87.1 Å². The van der Waals surface area contributed by atoms with Gasteiger partial charge in [-0.25, -0.2) is 9.97 Å². The minimum absolute atomic E-state index is 0.687. The molecule has 4 heteroatoms. The van der Waals surface area contributed by atoms with Gasteiger partial charge in [-0.15, -0.1) is 11.3 Å². The van der Waals surface area contributed by atoms with Gasteiger partial charge < -0.3 is 4.42 Å². The molecule has 0 unspecified atom stereocenters. The summed E-state index contributed by atoms with van der Waals surface area (Å²) in [5, 5.41) is 4.80. The topological polar surface area (TPSA) is 38.9 Å². The van der Waals surface area contributed by atoms with Gasteiger partial charge in [-0.05, 0) is 41.5 Å². The fourth-order valence-electron chi connectivity index (χ4n) is 6.24. The Hall–Kier alpha value is -5.58. The van der Waals surface area contributed by atoms with E-state index in [0.717, 1.165) is 55.6 Å². The fourth-order valence-corrected chi connectivity index (χ4v) is 7.39. The molecule has 0 N–H and O–H groups in total. The number of furan rings is 1. The molecule has 9 aromatic rings. The van der Waals surface area contributed by atoms with Gasteiger partial charge in [0.2, 0.25) is 0 Å². The Kier molecular flexibility index (Phi) is 5.68. The summed E-state index contributed by atoms with van der Waals surface area (Å²) >= 11 is 1.84. The lowest BCUT2D eigenvalue weighted by Crippen LogP contribution is -1.96. The van der Waals surface area contributed by atoms with E-state index in [-0.39, 0.29) is 0 Å². The molecule has 0 radical (unpaired) electrons. The van der Waals surface area contributed by atoms with Gasteiger partial charge in [-0.1, -0.05) is 115 Å². The molecule has 0 amide bonds. The summed E-state index contributed by atoms with van der Waals surface area (Å²) < 4.78 is 9.27. The maximum absolute atomic E-state index is 6.67. The van der Waals surface area contributed by atoms with Crippen molar-refractivity contribution in [2.75, 3.05) is 0 Å². The molecule has 0 aliphatic carbocycles. The first-order valence-electron chi connectivity index (χ1n) is 14.7. The van der Waals surface area contributed by atoms with Gasteiger partial charge >= 0.3 is 0 Å². The van der Waals surface area contributed by atoms with E-state index in [4.69, 9.17) is 14.4 Å². The molecule has 0 saturated carbocycles. The largest absolute Gasteiger partial charge is 0.455 e. The number of hydrogen-bond donors (Lipinski definition) is 0. The third kappa shape index (κ3) is 4.03. The highest BCUT2D eigenvalue weighted by atomic mass is 32.1. The minimum Gasteiger partial charge on any atom is -0.455 e. The van der Waals surface area contributed by atoms with E-state index in [0.29, 0.717) is 5.82 Å². The molecule has 44 heavy (non-hydrogen) atoms. The Morgan fingerprint density at radius 1 is 0.455 bits per heavy atom. The van der Waals surface area contributed by atoms with Crippen LogP contribution in [0.2, 0.25) is 0 Å². The summed E-state index contributed by atoms with van der Waals surface area (Å²) in [4.78, 5) is 10.1. The predicted octanol–water partition coefficient (Wildman–Crippen LogP) is 11.4. The lowest BCUT2D eigenvalue weighted by Gasteiger charge is -2.10. The lowest BCUT2D eigenvalue weighted by atomic mass is 9.97. The second-order valence-electron chi connectivity index (χ2n) is 11.0. The number of aromatic nitrogens is 2. The molecule has 0 bridgehead atoms. The summed E-state index contributed by atoms with van der Waals surface area (Å²) in [7, 11) is 0. The van der Waals surface area contributed by atoms with Crippen LogP contribution in [0.3, 0.4) is 0 Å². The molecule has 206 valence electrons. The number of nitrogens with zero attached hydrogens (tertiary/aromatic N) is 2. The maximum atomic E-state index is 6.67. The van der Waals surface area contributed by atoms with Gasteiger partial charge in [0, 0.05) is 47.6 Å². The van der Waals surface area contributed by atoms with Crippen LogP contribution in [0.5, 0.6) is 0 Å². The van der Waals surface area contributed by atoms with Crippen LogP contribution < -0.4 is 0 Å². The van der Waals surface area contributed by atoms with Crippen molar-refractivity contribution in [2.45, 2.75) is 0 Å². The van der Waals surface area contributed by atoms with E-state index in [9.17, 15) is 0 Å². The Labute approximate surface area is 257 Å². The molecule has 0 aliphatic heterocycles. The molecule has 6 aromatic carbocycles. The van der Waals surface area contributed by atoms with Crippen molar-refractivity contribution in [1.29, 1.82) is 0 Å². The SMILES string of the molecule is c1ccc(-c2cc(-c3cccc4c3oc3cccc(-c5ccc6c(c5)sc5ccccc56)c34)nc(-c3ccccc3)n2)cc1. The monoisotopic (exact) mass is 580 g/mol. The molecule has 0 aliphatic rings. The van der Waals surface area contributed by atoms with Crippen LogP contribution in [-0.2, 0) is 0 Å². The summed E-state index contributed by atoms with van der Waals surface area (Å²) in [6.07, 6.45) is 0. The van der Waals surface area contributed by atoms with E-state index in [2.05, 4.69) is 109 Å². The number of benzene rings is 6. The van der Waals surface area contributed by atoms with Crippen molar-refractivity contribution < 1.29 is 4.42 Å². The molecule has 0 atom stereocenters. The standard InChI is InChI=1S/C40H24N2OS/c1-3-11-25(12-4-1)33-24-34(42-40(41-33)26-13-5-2-6-14-26)31-17-9-18-32-38-28(16-10-19-35(38)43-39(31)32)27-21-22-30-29-15-7-8-20-36(29)44-37(30)23-27/h1-24H. The highest BCUT2D eigenvalue weighted by Gasteiger charge is 2.19. The first-order valence-corrected chi connectivity index (χ1v) is 15.5. The number of rotatable bonds is 4. The second kappa shape index (κ2) is 10.0. The first kappa shape index (κ1) is 25.0. The number of thiophene rings is 1. The number of para-hydroxylation sites is 1. The van der Waals surface area contributed by atoms with Gasteiger partial charge in [0.15, 0.2) is 5.82 Å². The van der Waals surface area contributed by atoms with Crippen LogP contribution in [0.4, 0.5) is 0 Å². The van der Waals surface area contributed by atoms with Crippen LogP contribution in [0.1, 0.15) is 0 Å². The highest BCUT2D eigenvalue weighted by molar-refractivity contribution is 7.25. The summed E-state index contributed by atoms with van der Waals surface area (Å²) in [6, 6.07) is 50.6. The smallest absolute Gasteiger partial charge is 0.160 e. The minimum atomic E-state index is 0.687. The maximum Gasteiger partial charge on any atom is 0.160 e. The van der Waals surface area contributed by atoms with Gasteiger partial charge in [-0.3, -0.25) is 0 Å². The average Bonchev–Trinajstić information content (AvgIpc) is 3.67. The van der Waals surface area contributed by atoms with Crippen molar-refractivity contribution in [3.8, 4) is 45.0 Å². The summed E-state index contributed by atoms with van der Waals surface area (Å²) in [6.45, 7) is 0. The molecular weight excluding hydrogens is 557 g/mol. The quantitative estimate of drug-likeness (QED) is 0.208. The van der Waals surface area contributed by atoms with E-state index in [1.54, 1.807) is 0 Å². The zero-order chi connectivity index (χ0) is 29.0. The molecule has 0 saturated heterocycles. The van der Waals surface area contributed by atoms with Gasteiger partial charge in [0.05, 0.1) is 11.4 Å². The van der Waals surface area contributed by atoms with Crippen LogP contribution in [0.15, 0.2) is 150 Å². The average molecular weight is 581 g/mol. The van der Waals surface area contributed by atoms with E-state index >= 15 is 0 Å². The summed E-state index contributed by atoms with van der Waals surface area (Å²) in [5.41, 5.74) is 8.71. The molecule has 0 spiro atoms. The Morgan fingerprint density at radius 2 is 1.14 bits per heavy atom. The van der Waals surface area contributed by atoms with Gasteiger partial charge in [0.25, 0.3) is 0 Å². The van der Waals surface area contributed by atoms with E-state index in [1.165, 1.54) is 25.7 Å². The second-order valence-corrected chi connectivity index (χ2v) is 12.1. The molecule has 9 rings (SSSR count). The molecule has 3 aromatic heterocycles. The molecular formula is C40H24N2OS. The number of hydrogen-bond acceptors (Lipinski definition) is 4. The van der Waals surface area contributed by atoms with Crippen LogP contribution in [-0.4, -0.2) is 9.97 Å². The van der Waals surface area contributed by atoms with E-state index in [1.807, 2.05) is 47.7 Å². The third-order valence-corrected chi connectivity index (χ3v) is 9.45. The van der Waals surface area contributed by atoms with Gasteiger partial charge in [0.1, 0.15) is 11.2 Å². The zero-order valence-electron chi connectivity index (χ0n) is 23.6. The van der Waals surface area contributed by atoms with Crippen LogP contribution in [0, 0.1) is 0 Å². The Bertz CT molecular complexity index is 2440. The van der Waals surface area contributed by atoms with Crippen molar-refractivity contribution in [3.63, 3.8) is 0 Å². The fraction of sp³-hybridized carbons (Fsp3) is 0. The molecule has 0 fully saturated rings. The lowest BCUT2D eigenvalue weighted by molar-refractivity contribution is 0.670. The Morgan fingerprint density at radius 3 is 2.00 bits per heavy atom. The number of fused-ring (bicyclic) bond motifs is 6. The third-order valence-electron chi connectivity index (χ3n) is 8.32. The molecule has 3 nitrogen and oxygen atoms in total. The highest BCUT2D eigenvalue weighted by Crippen LogP contribution is 2.42. The Balaban J connectivity index is 1.26. The van der Waals surface area contributed by atoms with Crippen LogP contribution >= 0.6 is 11.3 Å². The summed E-state index contributed by atoms with van der Waals surface area (Å²) in [5.74, 6) is 0.687. The normalized spacial score (nSPS) is 11.6. The molecule has 3 heterocycles. The van der Waals surface area contributed by atoms with Crippen molar-refractivity contribution in [3.05, 3.63) is 146 Å². The van der Waals surface area contributed by atoms with Gasteiger partial charge in [-0.2, -0.15) is 0 Å². The van der Waals surface area contributed by atoms with E-state index < -0.39 is 0 Å². The zero-order valence-corrected chi connectivity index (χ0v) is 24.4. The first-order chi connectivity index (χ1) is 21.8. The van der Waals surface area contributed by atoms with Crippen molar-refractivity contribution in [2.24, 2.45) is 0 Å².